The summed E-state index contributed by atoms with van der Waals surface area (Å²) in [5.74, 6) is -0.691. The summed E-state index contributed by atoms with van der Waals surface area (Å²) in [6, 6.07) is 5.33. The quantitative estimate of drug-likeness (QED) is 0.808. The minimum Gasteiger partial charge on any atom is -0.464 e. The number of nitriles is 1. The van der Waals surface area contributed by atoms with E-state index in [1.807, 2.05) is 13.0 Å². The third-order valence-corrected chi connectivity index (χ3v) is 2.54. The second-order valence-electron chi connectivity index (χ2n) is 3.79. The van der Waals surface area contributed by atoms with Crippen LogP contribution in [0.25, 0.3) is 0 Å². The molecule has 1 atom stereocenters. The lowest BCUT2D eigenvalue weighted by molar-refractivity contribution is -0.153. The molecule has 1 rings (SSSR count). The zero-order chi connectivity index (χ0) is 13.0. The van der Waals surface area contributed by atoms with Gasteiger partial charge < -0.3 is 9.84 Å². The largest absolute Gasteiger partial charge is 0.464 e. The minimum absolute atomic E-state index is 0.214. The Bertz CT molecular complexity index is 474. The summed E-state index contributed by atoms with van der Waals surface area (Å²) in [4.78, 5) is 11.4. The van der Waals surface area contributed by atoms with E-state index in [-0.39, 0.29) is 6.61 Å². The summed E-state index contributed by atoms with van der Waals surface area (Å²) < 4.78 is 4.74. The Labute approximate surface area is 100 Å². The van der Waals surface area contributed by atoms with Crippen LogP contribution in [0.5, 0.6) is 0 Å². The molecule has 4 heteroatoms. The topological polar surface area (TPSA) is 70.3 Å². The summed E-state index contributed by atoms with van der Waals surface area (Å²) in [5.41, 5.74) is 2.46. The number of rotatable bonds is 3. The molecule has 1 aromatic carbocycles. The van der Waals surface area contributed by atoms with Crippen molar-refractivity contribution in [1.29, 1.82) is 5.26 Å². The lowest BCUT2D eigenvalue weighted by Crippen LogP contribution is -2.16. The maximum atomic E-state index is 11.4. The first-order valence-electron chi connectivity index (χ1n) is 5.37. The van der Waals surface area contributed by atoms with Gasteiger partial charge >= 0.3 is 5.97 Å². The molecule has 0 aliphatic rings. The molecular weight excluding hydrogens is 218 g/mol. The number of aryl methyl sites for hydroxylation is 2. The van der Waals surface area contributed by atoms with Crippen molar-refractivity contribution < 1.29 is 14.6 Å². The molecule has 0 aromatic heterocycles. The van der Waals surface area contributed by atoms with Crippen molar-refractivity contribution in [2.75, 3.05) is 6.61 Å². The van der Waals surface area contributed by atoms with Gasteiger partial charge in [0.25, 0.3) is 0 Å². The molecule has 90 valence electrons. The summed E-state index contributed by atoms with van der Waals surface area (Å²) in [6.07, 6.45) is -1.33. The van der Waals surface area contributed by atoms with Gasteiger partial charge in [-0.05, 0) is 43.5 Å². The molecule has 0 fully saturated rings. The molecule has 1 aromatic rings. The monoisotopic (exact) mass is 233 g/mol. The number of carbonyl (C=O) groups excluding carboxylic acids is 1. The number of hydrogen-bond acceptors (Lipinski definition) is 4. The first-order valence-corrected chi connectivity index (χ1v) is 5.37. The average Bonchev–Trinajstić information content (AvgIpc) is 2.29. The minimum atomic E-state index is -1.33. The van der Waals surface area contributed by atoms with Crippen LogP contribution in [0.2, 0.25) is 0 Å². The van der Waals surface area contributed by atoms with Crippen molar-refractivity contribution in [3.05, 3.63) is 34.4 Å². The molecule has 0 bridgehead atoms. The van der Waals surface area contributed by atoms with Gasteiger partial charge in [0.05, 0.1) is 18.2 Å². The molecule has 0 heterocycles. The number of carbonyl (C=O) groups is 1. The summed E-state index contributed by atoms with van der Waals surface area (Å²) in [7, 11) is 0. The zero-order valence-electron chi connectivity index (χ0n) is 10.2. The van der Waals surface area contributed by atoms with Gasteiger partial charge in [-0.3, -0.25) is 0 Å². The van der Waals surface area contributed by atoms with Crippen molar-refractivity contribution in [3.63, 3.8) is 0 Å². The van der Waals surface area contributed by atoms with E-state index in [1.54, 1.807) is 19.9 Å². The Morgan fingerprint density at radius 1 is 1.47 bits per heavy atom. The molecule has 1 N–H and O–H groups in total. The zero-order valence-corrected chi connectivity index (χ0v) is 10.2. The van der Waals surface area contributed by atoms with Crippen LogP contribution < -0.4 is 0 Å². The van der Waals surface area contributed by atoms with Gasteiger partial charge in [0.2, 0.25) is 0 Å². The number of esters is 1. The Kier molecular flexibility index (Phi) is 4.24. The molecular formula is C13H15NO3. The Balaban J connectivity index is 3.14. The first kappa shape index (κ1) is 13.2. The number of aliphatic hydroxyl groups excluding tert-OH is 1. The lowest BCUT2D eigenvalue weighted by atomic mass is 9.97. The van der Waals surface area contributed by atoms with E-state index in [4.69, 9.17) is 10.00 Å². The standard InChI is InChI=1S/C13H15NO3/c1-4-17-13(16)12(15)11-6-10(7-14)8(2)5-9(11)3/h5-6,12,15H,4H2,1-3H3. The summed E-state index contributed by atoms with van der Waals surface area (Å²) in [6.45, 7) is 5.48. The van der Waals surface area contributed by atoms with Gasteiger partial charge in [0.1, 0.15) is 0 Å². The Morgan fingerprint density at radius 3 is 2.65 bits per heavy atom. The van der Waals surface area contributed by atoms with Crippen molar-refractivity contribution >= 4 is 5.97 Å². The van der Waals surface area contributed by atoms with E-state index < -0.39 is 12.1 Å². The van der Waals surface area contributed by atoms with Crippen LogP contribution in [0.3, 0.4) is 0 Å². The second kappa shape index (κ2) is 5.46. The third kappa shape index (κ3) is 2.83. The van der Waals surface area contributed by atoms with Crippen LogP contribution in [0.1, 0.15) is 35.3 Å². The van der Waals surface area contributed by atoms with E-state index in [2.05, 4.69) is 0 Å². The van der Waals surface area contributed by atoms with Crippen LogP contribution in [0.4, 0.5) is 0 Å². The third-order valence-electron chi connectivity index (χ3n) is 2.54. The SMILES string of the molecule is CCOC(=O)C(O)c1cc(C#N)c(C)cc1C. The molecule has 0 saturated carbocycles. The van der Waals surface area contributed by atoms with Crippen LogP contribution >= 0.6 is 0 Å². The van der Waals surface area contributed by atoms with E-state index >= 15 is 0 Å². The molecule has 0 saturated heterocycles. The Hall–Kier alpha value is -1.86. The highest BCUT2D eigenvalue weighted by atomic mass is 16.5. The number of aliphatic hydroxyl groups is 1. The second-order valence-corrected chi connectivity index (χ2v) is 3.79. The highest BCUT2D eigenvalue weighted by Crippen LogP contribution is 2.22. The van der Waals surface area contributed by atoms with E-state index in [0.29, 0.717) is 11.1 Å². The fraction of sp³-hybridized carbons (Fsp3) is 0.385. The van der Waals surface area contributed by atoms with Crippen molar-refractivity contribution in [2.24, 2.45) is 0 Å². The average molecular weight is 233 g/mol. The van der Waals surface area contributed by atoms with Gasteiger partial charge in [-0.15, -0.1) is 0 Å². The predicted molar refractivity (Wildman–Crippen MR) is 62.2 cm³/mol. The van der Waals surface area contributed by atoms with Crippen molar-refractivity contribution in [1.82, 2.24) is 0 Å². The highest BCUT2D eigenvalue weighted by molar-refractivity contribution is 5.77. The molecule has 17 heavy (non-hydrogen) atoms. The maximum absolute atomic E-state index is 11.4. The lowest BCUT2D eigenvalue weighted by Gasteiger charge is -2.13. The summed E-state index contributed by atoms with van der Waals surface area (Å²) >= 11 is 0. The van der Waals surface area contributed by atoms with Crippen molar-refractivity contribution in [3.8, 4) is 6.07 Å². The number of ether oxygens (including phenoxy) is 1. The molecule has 4 nitrogen and oxygen atoms in total. The van der Waals surface area contributed by atoms with Crippen LogP contribution in [0.15, 0.2) is 12.1 Å². The molecule has 0 aliphatic heterocycles. The fourth-order valence-electron chi connectivity index (χ4n) is 1.63. The first-order chi connectivity index (χ1) is 8.01. The maximum Gasteiger partial charge on any atom is 0.339 e. The smallest absolute Gasteiger partial charge is 0.339 e. The van der Waals surface area contributed by atoms with Gasteiger partial charge in [0, 0.05) is 0 Å². The van der Waals surface area contributed by atoms with E-state index in [1.165, 1.54) is 6.07 Å². The predicted octanol–water partition coefficient (Wildman–Crippen LogP) is 1.77. The number of hydrogen-bond donors (Lipinski definition) is 1. The van der Waals surface area contributed by atoms with Gasteiger partial charge in [0.15, 0.2) is 6.10 Å². The summed E-state index contributed by atoms with van der Waals surface area (Å²) in [5, 5.41) is 18.7. The molecule has 0 spiro atoms. The molecule has 1 unspecified atom stereocenters. The fourth-order valence-corrected chi connectivity index (χ4v) is 1.63. The normalized spacial score (nSPS) is 11.7. The van der Waals surface area contributed by atoms with Gasteiger partial charge in [-0.2, -0.15) is 5.26 Å². The van der Waals surface area contributed by atoms with Gasteiger partial charge in [-0.25, -0.2) is 4.79 Å². The van der Waals surface area contributed by atoms with Crippen LogP contribution in [0, 0.1) is 25.2 Å². The van der Waals surface area contributed by atoms with Crippen LogP contribution in [-0.4, -0.2) is 17.7 Å². The Morgan fingerprint density at radius 2 is 2.12 bits per heavy atom. The molecule has 0 aliphatic carbocycles. The van der Waals surface area contributed by atoms with Crippen molar-refractivity contribution in [2.45, 2.75) is 26.9 Å². The highest BCUT2D eigenvalue weighted by Gasteiger charge is 2.21. The van der Waals surface area contributed by atoms with Crippen LogP contribution in [-0.2, 0) is 9.53 Å². The number of nitrogens with zero attached hydrogens (tertiary/aromatic N) is 1. The molecule has 0 radical (unpaired) electrons. The molecule has 0 amide bonds. The van der Waals surface area contributed by atoms with Gasteiger partial charge in [-0.1, -0.05) is 6.07 Å². The van der Waals surface area contributed by atoms with E-state index in [9.17, 15) is 9.90 Å². The number of benzene rings is 1. The van der Waals surface area contributed by atoms with E-state index in [0.717, 1.165) is 11.1 Å².